The molecule has 0 spiro atoms. The molecule has 9 heteroatoms. The molecule has 2 heterocycles. The molecule has 2 atom stereocenters. The van der Waals surface area contributed by atoms with Gasteiger partial charge in [0.25, 0.3) is 5.91 Å². The van der Waals surface area contributed by atoms with Crippen LogP contribution in [0.5, 0.6) is 5.75 Å². The van der Waals surface area contributed by atoms with Gasteiger partial charge in [-0.1, -0.05) is 0 Å². The molecule has 3 rings (SSSR count). The zero-order valence-corrected chi connectivity index (χ0v) is 15.7. The van der Waals surface area contributed by atoms with Gasteiger partial charge in [0.05, 0.1) is 18.1 Å². The van der Waals surface area contributed by atoms with Gasteiger partial charge in [0, 0.05) is 32.7 Å². The Kier molecular flexibility index (Phi) is 5.81. The van der Waals surface area contributed by atoms with E-state index in [9.17, 15) is 13.2 Å². The number of carbonyl (C=O) groups excluding carboxylic acids is 1. The van der Waals surface area contributed by atoms with Crippen molar-refractivity contribution < 1.29 is 22.7 Å². The molecule has 0 bridgehead atoms. The van der Waals surface area contributed by atoms with Crippen molar-refractivity contribution in [2.45, 2.75) is 29.9 Å². The van der Waals surface area contributed by atoms with Crippen molar-refractivity contribution in [1.82, 2.24) is 9.21 Å². The number of methoxy groups -OCH3 is 1. The molecule has 8 nitrogen and oxygen atoms in total. The number of carbonyl (C=O) groups is 1. The van der Waals surface area contributed by atoms with Gasteiger partial charge in [0.2, 0.25) is 10.0 Å². The van der Waals surface area contributed by atoms with E-state index in [1.165, 1.54) is 23.5 Å². The van der Waals surface area contributed by atoms with Gasteiger partial charge >= 0.3 is 0 Å². The first-order chi connectivity index (χ1) is 12.5. The number of hydrogen-bond acceptors (Lipinski definition) is 6. The molecule has 0 aromatic heterocycles. The highest BCUT2D eigenvalue weighted by molar-refractivity contribution is 7.89. The summed E-state index contributed by atoms with van der Waals surface area (Å²) in [6.07, 6.45) is 0.957. The van der Waals surface area contributed by atoms with Crippen LogP contribution in [-0.4, -0.2) is 75.6 Å². The Morgan fingerprint density at radius 2 is 1.85 bits per heavy atom. The van der Waals surface area contributed by atoms with Crippen LogP contribution in [0.1, 0.15) is 12.8 Å². The SMILES string of the molecule is COc1ccc(S(=O)(=O)N2CCN(C(=O)[C@@H]3CC[C@H](CN)O3)CC2)cc1. The first-order valence-electron chi connectivity index (χ1n) is 8.74. The fourth-order valence-electron chi connectivity index (χ4n) is 3.31. The summed E-state index contributed by atoms with van der Waals surface area (Å²) in [7, 11) is -2.04. The van der Waals surface area contributed by atoms with Crippen LogP contribution in [0.2, 0.25) is 0 Å². The fourth-order valence-corrected chi connectivity index (χ4v) is 4.73. The second-order valence-corrected chi connectivity index (χ2v) is 8.40. The van der Waals surface area contributed by atoms with Gasteiger partial charge in [-0.2, -0.15) is 4.31 Å². The van der Waals surface area contributed by atoms with Crippen LogP contribution in [0.15, 0.2) is 29.2 Å². The predicted molar refractivity (Wildman–Crippen MR) is 95.3 cm³/mol. The van der Waals surface area contributed by atoms with Gasteiger partial charge in [-0.05, 0) is 37.1 Å². The minimum Gasteiger partial charge on any atom is -0.497 e. The number of amides is 1. The van der Waals surface area contributed by atoms with Gasteiger partial charge in [-0.15, -0.1) is 0 Å². The first kappa shape index (κ1) is 19.1. The number of sulfonamides is 1. The molecule has 2 N–H and O–H groups in total. The average molecular weight is 383 g/mol. The van der Waals surface area contributed by atoms with Crippen LogP contribution in [0, 0.1) is 0 Å². The van der Waals surface area contributed by atoms with Crippen LogP contribution in [0.25, 0.3) is 0 Å². The van der Waals surface area contributed by atoms with Gasteiger partial charge < -0.3 is 20.1 Å². The quantitative estimate of drug-likeness (QED) is 0.770. The van der Waals surface area contributed by atoms with Crippen LogP contribution in [0.4, 0.5) is 0 Å². The van der Waals surface area contributed by atoms with Gasteiger partial charge in [0.1, 0.15) is 11.9 Å². The Morgan fingerprint density at radius 3 is 2.38 bits per heavy atom. The summed E-state index contributed by atoms with van der Waals surface area (Å²) in [6.45, 7) is 1.68. The molecule has 2 aliphatic heterocycles. The van der Waals surface area contributed by atoms with E-state index in [1.54, 1.807) is 17.0 Å². The van der Waals surface area contributed by atoms with E-state index >= 15 is 0 Å². The van der Waals surface area contributed by atoms with E-state index in [2.05, 4.69) is 0 Å². The van der Waals surface area contributed by atoms with Gasteiger partial charge in [-0.25, -0.2) is 8.42 Å². The number of nitrogens with two attached hydrogens (primary N) is 1. The van der Waals surface area contributed by atoms with Crippen molar-refractivity contribution in [3.05, 3.63) is 24.3 Å². The lowest BCUT2D eigenvalue weighted by Crippen LogP contribution is -2.52. The van der Waals surface area contributed by atoms with E-state index in [0.717, 1.165) is 6.42 Å². The third-order valence-corrected chi connectivity index (χ3v) is 6.81. The summed E-state index contributed by atoms with van der Waals surface area (Å²) in [5.74, 6) is 0.536. The molecule has 0 aliphatic carbocycles. The summed E-state index contributed by atoms with van der Waals surface area (Å²) < 4.78 is 37.6. The fraction of sp³-hybridized carbons (Fsp3) is 0.588. The van der Waals surface area contributed by atoms with Crippen molar-refractivity contribution in [2.24, 2.45) is 5.73 Å². The van der Waals surface area contributed by atoms with Crippen LogP contribution in [0.3, 0.4) is 0 Å². The highest BCUT2D eigenvalue weighted by Gasteiger charge is 2.36. The van der Waals surface area contributed by atoms with Crippen LogP contribution in [-0.2, 0) is 19.6 Å². The molecular formula is C17H25N3O5S. The summed E-state index contributed by atoms with van der Waals surface area (Å²) in [5, 5.41) is 0. The van der Waals surface area contributed by atoms with Crippen LogP contribution >= 0.6 is 0 Å². The second-order valence-electron chi connectivity index (χ2n) is 6.46. The summed E-state index contributed by atoms with van der Waals surface area (Å²) in [4.78, 5) is 14.4. The van der Waals surface area contributed by atoms with Gasteiger partial charge in [0.15, 0.2) is 0 Å². The Bertz CT molecular complexity index is 729. The molecule has 1 aromatic rings. The number of hydrogen-bond donors (Lipinski definition) is 1. The minimum atomic E-state index is -3.58. The third-order valence-electron chi connectivity index (χ3n) is 4.89. The summed E-state index contributed by atoms with van der Waals surface area (Å²) in [6, 6.07) is 6.31. The molecule has 0 saturated carbocycles. The Balaban J connectivity index is 1.59. The monoisotopic (exact) mass is 383 g/mol. The number of benzene rings is 1. The maximum atomic E-state index is 12.7. The van der Waals surface area contributed by atoms with E-state index in [4.69, 9.17) is 15.2 Å². The smallest absolute Gasteiger partial charge is 0.251 e. The summed E-state index contributed by atoms with van der Waals surface area (Å²) in [5.41, 5.74) is 5.58. The largest absolute Gasteiger partial charge is 0.497 e. The summed E-state index contributed by atoms with van der Waals surface area (Å²) >= 11 is 0. The zero-order chi connectivity index (χ0) is 18.7. The Labute approximate surface area is 153 Å². The molecule has 2 aliphatic rings. The standard InChI is InChI=1S/C17H25N3O5S/c1-24-13-2-5-15(6-3-13)26(22,23)20-10-8-19(9-11-20)17(21)16-7-4-14(12-18)25-16/h2-3,5-6,14,16H,4,7-12,18H2,1H3/t14-,16+/m1/s1. The Morgan fingerprint density at radius 1 is 1.19 bits per heavy atom. The molecule has 2 fully saturated rings. The molecule has 1 aromatic carbocycles. The lowest BCUT2D eigenvalue weighted by Gasteiger charge is -2.35. The van der Waals surface area contributed by atoms with E-state index < -0.39 is 16.1 Å². The minimum absolute atomic E-state index is 0.0549. The molecular weight excluding hydrogens is 358 g/mol. The van der Waals surface area contributed by atoms with Crippen molar-refractivity contribution in [2.75, 3.05) is 39.8 Å². The van der Waals surface area contributed by atoms with E-state index in [0.29, 0.717) is 31.8 Å². The van der Waals surface area contributed by atoms with Crippen molar-refractivity contribution >= 4 is 15.9 Å². The normalized spacial score (nSPS) is 24.6. The second kappa shape index (κ2) is 7.91. The lowest BCUT2D eigenvalue weighted by molar-refractivity contribution is -0.143. The van der Waals surface area contributed by atoms with Crippen LogP contribution < -0.4 is 10.5 Å². The molecule has 1 amide bonds. The highest BCUT2D eigenvalue weighted by atomic mass is 32.2. The zero-order valence-electron chi connectivity index (χ0n) is 14.8. The van der Waals surface area contributed by atoms with Crippen molar-refractivity contribution in [3.8, 4) is 5.75 Å². The highest BCUT2D eigenvalue weighted by Crippen LogP contribution is 2.23. The number of piperazine rings is 1. The van der Waals surface area contributed by atoms with E-state index in [-0.39, 0.29) is 30.0 Å². The van der Waals surface area contributed by atoms with E-state index in [1.807, 2.05) is 0 Å². The first-order valence-corrected chi connectivity index (χ1v) is 10.2. The molecule has 2 saturated heterocycles. The maximum Gasteiger partial charge on any atom is 0.251 e. The topological polar surface area (TPSA) is 102 Å². The molecule has 144 valence electrons. The number of ether oxygens (including phenoxy) is 2. The van der Waals surface area contributed by atoms with Crippen molar-refractivity contribution in [3.63, 3.8) is 0 Å². The Hall–Kier alpha value is -1.68. The third kappa shape index (κ3) is 3.85. The predicted octanol–water partition coefficient (Wildman–Crippen LogP) is 0.0344. The molecule has 26 heavy (non-hydrogen) atoms. The maximum absolute atomic E-state index is 12.7. The number of nitrogens with zero attached hydrogens (tertiary/aromatic N) is 2. The average Bonchev–Trinajstić information content (AvgIpc) is 3.17. The lowest BCUT2D eigenvalue weighted by atomic mass is 10.1. The molecule has 0 unspecified atom stereocenters. The molecule has 0 radical (unpaired) electrons. The van der Waals surface area contributed by atoms with Crippen molar-refractivity contribution in [1.29, 1.82) is 0 Å². The number of rotatable bonds is 5. The van der Waals surface area contributed by atoms with Gasteiger partial charge in [-0.3, -0.25) is 4.79 Å².